The van der Waals surface area contributed by atoms with E-state index in [0.717, 1.165) is 16.7 Å². The summed E-state index contributed by atoms with van der Waals surface area (Å²) in [4.78, 5) is 23.7. The predicted molar refractivity (Wildman–Crippen MR) is 115 cm³/mol. The molecule has 3 rings (SSSR count). The quantitative estimate of drug-likeness (QED) is 0.303. The van der Waals surface area contributed by atoms with Crippen molar-refractivity contribution in [3.8, 4) is 0 Å². The fourth-order valence-electron chi connectivity index (χ4n) is 3.24. The summed E-state index contributed by atoms with van der Waals surface area (Å²) >= 11 is 0. The molecule has 2 aromatic carbocycles. The van der Waals surface area contributed by atoms with Crippen LogP contribution in [0.5, 0.6) is 0 Å². The number of hydrogen-bond donors (Lipinski definition) is 3. The molecule has 0 aliphatic carbocycles. The number of carbonyl (C=O) groups is 2. The lowest BCUT2D eigenvalue weighted by molar-refractivity contribution is 0.0525. The molecular weight excluding hydrogens is 380 g/mol. The number of ether oxygens (including phenoxy) is 1. The minimum atomic E-state index is -0.479. The number of nitrogens with two attached hydrogens (primary N) is 2. The first-order valence-electron chi connectivity index (χ1n) is 9.55. The van der Waals surface area contributed by atoms with Crippen molar-refractivity contribution in [1.29, 1.82) is 5.41 Å². The van der Waals surface area contributed by atoms with Crippen LogP contribution >= 0.6 is 0 Å². The highest BCUT2D eigenvalue weighted by atomic mass is 16.5. The summed E-state index contributed by atoms with van der Waals surface area (Å²) in [6.07, 6.45) is 4.19. The Morgan fingerprint density at radius 3 is 2.37 bits per heavy atom. The van der Waals surface area contributed by atoms with Crippen LogP contribution in [-0.4, -0.2) is 28.9 Å². The van der Waals surface area contributed by atoms with Gasteiger partial charge in [0.05, 0.1) is 12.2 Å². The van der Waals surface area contributed by atoms with Crippen LogP contribution in [0.4, 0.5) is 0 Å². The van der Waals surface area contributed by atoms with Crippen molar-refractivity contribution >= 4 is 17.7 Å². The van der Waals surface area contributed by atoms with Crippen molar-refractivity contribution in [2.24, 2.45) is 11.5 Å². The minimum Gasteiger partial charge on any atom is -0.462 e. The van der Waals surface area contributed by atoms with Gasteiger partial charge in [0.15, 0.2) is 0 Å². The summed E-state index contributed by atoms with van der Waals surface area (Å²) in [6.45, 7) is 2.58. The van der Waals surface area contributed by atoms with Crippen molar-refractivity contribution in [1.82, 2.24) is 4.57 Å². The van der Waals surface area contributed by atoms with Crippen LogP contribution in [0.25, 0.3) is 0 Å². The number of aromatic nitrogens is 1. The van der Waals surface area contributed by atoms with Gasteiger partial charge < -0.3 is 20.8 Å². The fraction of sp³-hybridized carbons (Fsp3) is 0.174. The van der Waals surface area contributed by atoms with Crippen LogP contribution in [0.1, 0.15) is 49.9 Å². The van der Waals surface area contributed by atoms with Crippen LogP contribution in [0.3, 0.4) is 0 Å². The molecule has 1 heterocycles. The molecule has 3 aromatic rings. The molecule has 154 valence electrons. The van der Waals surface area contributed by atoms with E-state index in [1.54, 1.807) is 31.3 Å². The highest BCUT2D eigenvalue weighted by Crippen LogP contribution is 2.19. The minimum absolute atomic E-state index is 0.0108. The van der Waals surface area contributed by atoms with Gasteiger partial charge in [-0.3, -0.25) is 10.2 Å². The van der Waals surface area contributed by atoms with Gasteiger partial charge in [0.1, 0.15) is 5.84 Å². The lowest BCUT2D eigenvalue weighted by Crippen LogP contribution is -2.11. The van der Waals surface area contributed by atoms with E-state index in [4.69, 9.17) is 21.6 Å². The van der Waals surface area contributed by atoms with Gasteiger partial charge in [0, 0.05) is 30.1 Å². The fourth-order valence-corrected chi connectivity index (χ4v) is 3.24. The van der Waals surface area contributed by atoms with E-state index in [2.05, 4.69) is 0 Å². The molecule has 0 radical (unpaired) electrons. The van der Waals surface area contributed by atoms with Crippen molar-refractivity contribution < 1.29 is 14.3 Å². The van der Waals surface area contributed by atoms with Crippen molar-refractivity contribution in [2.45, 2.75) is 19.9 Å². The zero-order valence-electron chi connectivity index (χ0n) is 16.7. The largest absolute Gasteiger partial charge is 0.462 e. The topological polar surface area (TPSA) is 124 Å². The molecule has 0 bridgehead atoms. The number of benzene rings is 2. The molecule has 5 N–H and O–H groups in total. The molecular formula is C23H24N4O3. The van der Waals surface area contributed by atoms with E-state index in [1.165, 1.54) is 0 Å². The normalized spacial score (nSPS) is 10.6. The van der Waals surface area contributed by atoms with Gasteiger partial charge in [-0.2, -0.15) is 0 Å². The summed E-state index contributed by atoms with van der Waals surface area (Å²) < 4.78 is 7.13. The Morgan fingerprint density at radius 2 is 1.73 bits per heavy atom. The smallest absolute Gasteiger partial charge is 0.339 e. The molecule has 1 aromatic heterocycles. The van der Waals surface area contributed by atoms with Crippen LogP contribution in [0, 0.1) is 5.41 Å². The van der Waals surface area contributed by atoms with E-state index >= 15 is 0 Å². The number of amidine groups is 1. The summed E-state index contributed by atoms with van der Waals surface area (Å²) in [5, 5.41) is 7.60. The van der Waals surface area contributed by atoms with E-state index in [0.29, 0.717) is 29.7 Å². The Kier molecular flexibility index (Phi) is 6.32. The number of nitrogen functional groups attached to an aromatic ring is 1. The third kappa shape index (κ3) is 4.94. The maximum absolute atomic E-state index is 12.5. The summed E-state index contributed by atoms with van der Waals surface area (Å²) in [5.74, 6) is -0.845. The molecule has 7 nitrogen and oxygen atoms in total. The number of hydrogen-bond acceptors (Lipinski definition) is 4. The van der Waals surface area contributed by atoms with Crippen LogP contribution in [0.15, 0.2) is 60.9 Å². The van der Waals surface area contributed by atoms with Gasteiger partial charge in [-0.15, -0.1) is 0 Å². The summed E-state index contributed by atoms with van der Waals surface area (Å²) in [6, 6.07) is 14.4. The summed E-state index contributed by atoms with van der Waals surface area (Å²) in [5.41, 5.74) is 15.2. The summed E-state index contributed by atoms with van der Waals surface area (Å²) in [7, 11) is 0. The van der Waals surface area contributed by atoms with Gasteiger partial charge in [-0.1, -0.05) is 30.3 Å². The van der Waals surface area contributed by atoms with E-state index in [-0.39, 0.29) is 18.4 Å². The number of amides is 1. The molecule has 0 aliphatic rings. The van der Waals surface area contributed by atoms with E-state index in [9.17, 15) is 9.59 Å². The van der Waals surface area contributed by atoms with E-state index < -0.39 is 5.91 Å². The number of nitrogens with one attached hydrogen (secondary N) is 1. The molecule has 0 spiro atoms. The Bertz CT molecular complexity index is 1080. The first-order chi connectivity index (χ1) is 14.4. The molecule has 0 fully saturated rings. The van der Waals surface area contributed by atoms with Gasteiger partial charge >= 0.3 is 5.97 Å². The zero-order chi connectivity index (χ0) is 21.7. The standard InChI is InChI=1S/C23H24N4O3/c1-2-30-23(29)20-14-27(12-16-4-3-5-18(11-16)21(24)25)13-19(20)10-15-6-8-17(9-7-15)22(26)28/h3-9,11,13-14H,2,10,12H2,1H3,(H3,24,25)(H2,26,28). The van der Waals surface area contributed by atoms with Gasteiger partial charge in [-0.25, -0.2) is 4.79 Å². The van der Waals surface area contributed by atoms with Crippen molar-refractivity contribution in [3.05, 3.63) is 94.3 Å². The molecule has 0 aliphatic heterocycles. The Hall–Kier alpha value is -3.87. The first kappa shape index (κ1) is 20.9. The maximum Gasteiger partial charge on any atom is 0.339 e. The number of nitrogens with zero attached hydrogens (tertiary/aromatic N) is 1. The Balaban J connectivity index is 1.89. The number of rotatable bonds is 8. The van der Waals surface area contributed by atoms with Crippen LogP contribution < -0.4 is 11.5 Å². The maximum atomic E-state index is 12.5. The number of primary amides is 1. The highest BCUT2D eigenvalue weighted by molar-refractivity contribution is 5.95. The van der Waals surface area contributed by atoms with Crippen molar-refractivity contribution in [3.63, 3.8) is 0 Å². The number of esters is 1. The lowest BCUT2D eigenvalue weighted by atomic mass is 10.0. The second-order valence-electron chi connectivity index (χ2n) is 6.94. The highest BCUT2D eigenvalue weighted by Gasteiger charge is 2.16. The molecule has 7 heteroatoms. The second-order valence-corrected chi connectivity index (χ2v) is 6.94. The Morgan fingerprint density at radius 1 is 1.00 bits per heavy atom. The Labute approximate surface area is 174 Å². The third-order valence-corrected chi connectivity index (χ3v) is 4.69. The third-order valence-electron chi connectivity index (χ3n) is 4.69. The van der Waals surface area contributed by atoms with Gasteiger partial charge in [0.25, 0.3) is 0 Å². The van der Waals surface area contributed by atoms with Gasteiger partial charge in [0.2, 0.25) is 5.91 Å². The van der Waals surface area contributed by atoms with Gasteiger partial charge in [-0.05, 0) is 48.2 Å². The van der Waals surface area contributed by atoms with Crippen molar-refractivity contribution in [2.75, 3.05) is 6.61 Å². The zero-order valence-corrected chi connectivity index (χ0v) is 16.7. The van der Waals surface area contributed by atoms with E-state index in [1.807, 2.05) is 41.1 Å². The molecule has 0 saturated heterocycles. The predicted octanol–water partition coefficient (Wildman–Crippen LogP) is 2.69. The van der Waals surface area contributed by atoms with Crippen LogP contribution in [0.2, 0.25) is 0 Å². The molecule has 0 unspecified atom stereocenters. The molecule has 1 amide bonds. The average Bonchev–Trinajstić information content (AvgIpc) is 3.11. The monoisotopic (exact) mass is 404 g/mol. The average molecular weight is 404 g/mol. The molecule has 30 heavy (non-hydrogen) atoms. The second kappa shape index (κ2) is 9.09. The lowest BCUT2D eigenvalue weighted by Gasteiger charge is -2.05. The van der Waals surface area contributed by atoms with Crippen LogP contribution in [-0.2, 0) is 17.7 Å². The molecule has 0 atom stereocenters. The molecule has 0 saturated carbocycles. The first-order valence-corrected chi connectivity index (χ1v) is 9.55. The SMILES string of the molecule is CCOC(=O)c1cn(Cc2cccc(C(=N)N)c2)cc1Cc1ccc(C(N)=O)cc1. The number of carbonyl (C=O) groups excluding carboxylic acids is 2.